The van der Waals surface area contributed by atoms with Crippen molar-refractivity contribution in [3.05, 3.63) is 30.0 Å². The normalized spacial score (nSPS) is 11.7. The molecule has 0 aliphatic carbocycles. The second kappa shape index (κ2) is 7.61. The molecule has 110 valence electrons. The van der Waals surface area contributed by atoms with Crippen molar-refractivity contribution in [1.29, 1.82) is 0 Å². The molecule has 1 aromatic heterocycles. The molecule has 0 saturated heterocycles. The third kappa shape index (κ3) is 6.30. The Bertz CT molecular complexity index is 583. The zero-order chi connectivity index (χ0) is 15.0. The number of methoxy groups -OCH3 is 1. The van der Waals surface area contributed by atoms with Gasteiger partial charge in [-0.1, -0.05) is 0 Å². The maximum Gasteiger partial charge on any atom is 0.328 e. The molecule has 0 amide bonds. The number of rotatable bonds is 8. The SMILES string of the molecule is COCCCS(=O)(=O)Nc1cc(/C=C/C(=O)O)ccn1. The van der Waals surface area contributed by atoms with Crippen LogP contribution in [0.4, 0.5) is 5.82 Å². The molecule has 0 spiro atoms. The molecule has 0 unspecified atom stereocenters. The van der Waals surface area contributed by atoms with Crippen LogP contribution in [0.25, 0.3) is 6.08 Å². The van der Waals surface area contributed by atoms with Crippen molar-refractivity contribution in [2.45, 2.75) is 6.42 Å². The number of carboxylic acid groups (broad SMARTS) is 1. The highest BCUT2D eigenvalue weighted by Crippen LogP contribution is 2.10. The number of carboxylic acids is 1. The zero-order valence-electron chi connectivity index (χ0n) is 10.9. The molecule has 0 aromatic carbocycles. The average Bonchev–Trinajstić information content (AvgIpc) is 2.36. The lowest BCUT2D eigenvalue weighted by atomic mass is 10.2. The molecule has 0 bridgehead atoms. The molecule has 0 atom stereocenters. The first-order chi connectivity index (χ1) is 9.43. The van der Waals surface area contributed by atoms with Crippen molar-refractivity contribution >= 4 is 27.9 Å². The lowest BCUT2D eigenvalue weighted by Crippen LogP contribution is -2.18. The number of nitrogens with zero attached hydrogens (tertiary/aromatic N) is 1. The van der Waals surface area contributed by atoms with E-state index in [0.717, 1.165) is 6.08 Å². The fourth-order valence-electron chi connectivity index (χ4n) is 1.38. The Morgan fingerprint density at radius 3 is 2.95 bits per heavy atom. The molecular weight excluding hydrogens is 284 g/mol. The first kappa shape index (κ1) is 16.1. The minimum Gasteiger partial charge on any atom is -0.478 e. The standard InChI is InChI=1S/C12H16N2O5S/c1-19-7-2-8-20(17,18)14-11-9-10(5-6-13-11)3-4-12(15)16/h3-6,9H,2,7-8H2,1H3,(H,13,14)(H,15,16)/b4-3+. The second-order valence-electron chi connectivity index (χ2n) is 3.91. The predicted molar refractivity (Wildman–Crippen MR) is 74.8 cm³/mol. The first-order valence-corrected chi connectivity index (χ1v) is 7.44. The van der Waals surface area contributed by atoms with Gasteiger partial charge in [0.05, 0.1) is 5.75 Å². The van der Waals surface area contributed by atoms with E-state index in [1.807, 2.05) is 0 Å². The third-order valence-electron chi connectivity index (χ3n) is 2.22. The number of anilines is 1. The summed E-state index contributed by atoms with van der Waals surface area (Å²) in [7, 11) is -1.99. The Morgan fingerprint density at radius 2 is 2.30 bits per heavy atom. The highest BCUT2D eigenvalue weighted by Gasteiger charge is 2.10. The van der Waals surface area contributed by atoms with E-state index in [4.69, 9.17) is 9.84 Å². The fraction of sp³-hybridized carbons (Fsp3) is 0.333. The largest absolute Gasteiger partial charge is 0.478 e. The van der Waals surface area contributed by atoms with Crippen molar-refractivity contribution in [2.24, 2.45) is 0 Å². The number of ether oxygens (including phenoxy) is 1. The van der Waals surface area contributed by atoms with Gasteiger partial charge in [-0.05, 0) is 30.2 Å². The number of nitrogens with one attached hydrogen (secondary N) is 1. The quantitative estimate of drug-likeness (QED) is 0.547. The van der Waals surface area contributed by atoms with Crippen molar-refractivity contribution in [2.75, 3.05) is 24.2 Å². The highest BCUT2D eigenvalue weighted by atomic mass is 32.2. The molecule has 1 heterocycles. The Hall–Kier alpha value is -1.93. The van der Waals surface area contributed by atoms with E-state index in [0.29, 0.717) is 18.6 Å². The number of pyridine rings is 1. The zero-order valence-corrected chi connectivity index (χ0v) is 11.8. The molecule has 1 rings (SSSR count). The Kier molecular flexibility index (Phi) is 6.13. The van der Waals surface area contributed by atoms with Crippen molar-refractivity contribution in [1.82, 2.24) is 4.98 Å². The molecule has 0 aliphatic rings. The van der Waals surface area contributed by atoms with E-state index < -0.39 is 16.0 Å². The third-order valence-corrected chi connectivity index (χ3v) is 3.57. The van der Waals surface area contributed by atoms with Crippen LogP contribution in [0, 0.1) is 0 Å². The number of aliphatic carboxylic acids is 1. The topological polar surface area (TPSA) is 106 Å². The van der Waals surface area contributed by atoms with Gasteiger partial charge in [0.1, 0.15) is 5.82 Å². The second-order valence-corrected chi connectivity index (χ2v) is 5.76. The van der Waals surface area contributed by atoms with Crippen LogP contribution >= 0.6 is 0 Å². The van der Waals surface area contributed by atoms with Crippen LogP contribution in [-0.4, -0.2) is 43.9 Å². The summed E-state index contributed by atoms with van der Waals surface area (Å²) >= 11 is 0. The summed E-state index contributed by atoms with van der Waals surface area (Å²) in [5, 5.41) is 8.53. The van der Waals surface area contributed by atoms with Gasteiger partial charge in [-0.25, -0.2) is 18.2 Å². The number of hydrogen-bond acceptors (Lipinski definition) is 5. The van der Waals surface area contributed by atoms with Crippen LogP contribution in [0.2, 0.25) is 0 Å². The Labute approximate surface area is 117 Å². The Balaban J connectivity index is 2.72. The minimum absolute atomic E-state index is 0.0717. The first-order valence-electron chi connectivity index (χ1n) is 5.79. The van der Waals surface area contributed by atoms with Gasteiger partial charge in [0.25, 0.3) is 0 Å². The summed E-state index contributed by atoms with van der Waals surface area (Å²) in [6.07, 6.45) is 4.10. The van der Waals surface area contributed by atoms with Gasteiger partial charge in [-0.2, -0.15) is 0 Å². The van der Waals surface area contributed by atoms with Crippen LogP contribution in [0.5, 0.6) is 0 Å². The molecule has 0 aliphatic heterocycles. The van der Waals surface area contributed by atoms with E-state index in [-0.39, 0.29) is 11.6 Å². The fourth-order valence-corrected chi connectivity index (χ4v) is 2.41. The molecule has 2 N–H and O–H groups in total. The minimum atomic E-state index is -3.49. The van der Waals surface area contributed by atoms with E-state index in [9.17, 15) is 13.2 Å². The van der Waals surface area contributed by atoms with E-state index >= 15 is 0 Å². The number of sulfonamides is 1. The smallest absolute Gasteiger partial charge is 0.328 e. The summed E-state index contributed by atoms with van der Waals surface area (Å²) < 4.78 is 30.6. The molecular formula is C12H16N2O5S. The van der Waals surface area contributed by atoms with Gasteiger partial charge in [0.15, 0.2) is 0 Å². The van der Waals surface area contributed by atoms with Crippen LogP contribution < -0.4 is 4.72 Å². The maximum atomic E-state index is 11.7. The lowest BCUT2D eigenvalue weighted by Gasteiger charge is -2.07. The number of carbonyl (C=O) groups is 1. The number of hydrogen-bond donors (Lipinski definition) is 2. The summed E-state index contributed by atoms with van der Waals surface area (Å²) in [5.74, 6) is -1.00. The predicted octanol–water partition coefficient (Wildman–Crippen LogP) is 0.958. The molecule has 0 fully saturated rings. The van der Waals surface area contributed by atoms with Crippen LogP contribution in [-0.2, 0) is 19.6 Å². The van der Waals surface area contributed by atoms with Gasteiger partial charge in [-0.3, -0.25) is 4.72 Å². The monoisotopic (exact) mass is 300 g/mol. The molecule has 7 nitrogen and oxygen atoms in total. The molecule has 0 saturated carbocycles. The van der Waals surface area contributed by atoms with E-state index in [1.165, 1.54) is 25.4 Å². The molecule has 20 heavy (non-hydrogen) atoms. The van der Waals surface area contributed by atoms with Gasteiger partial charge in [-0.15, -0.1) is 0 Å². The van der Waals surface area contributed by atoms with Gasteiger partial charge >= 0.3 is 5.97 Å². The Morgan fingerprint density at radius 1 is 1.55 bits per heavy atom. The summed E-state index contributed by atoms with van der Waals surface area (Å²) in [5.41, 5.74) is 0.539. The van der Waals surface area contributed by atoms with Crippen LogP contribution in [0.3, 0.4) is 0 Å². The van der Waals surface area contributed by atoms with Gasteiger partial charge in [0, 0.05) is 26.0 Å². The van der Waals surface area contributed by atoms with E-state index in [2.05, 4.69) is 9.71 Å². The highest BCUT2D eigenvalue weighted by molar-refractivity contribution is 7.92. The maximum absolute atomic E-state index is 11.7. The summed E-state index contributed by atoms with van der Waals surface area (Å²) in [6, 6.07) is 3.02. The summed E-state index contributed by atoms with van der Waals surface area (Å²) in [4.78, 5) is 14.3. The van der Waals surface area contributed by atoms with Gasteiger partial charge < -0.3 is 9.84 Å². The van der Waals surface area contributed by atoms with Crippen LogP contribution in [0.1, 0.15) is 12.0 Å². The summed E-state index contributed by atoms with van der Waals surface area (Å²) in [6.45, 7) is 0.357. The van der Waals surface area contributed by atoms with Crippen LogP contribution in [0.15, 0.2) is 24.4 Å². The molecule has 1 aromatic rings. The lowest BCUT2D eigenvalue weighted by molar-refractivity contribution is -0.131. The average molecular weight is 300 g/mol. The van der Waals surface area contributed by atoms with Crippen molar-refractivity contribution in [3.8, 4) is 0 Å². The van der Waals surface area contributed by atoms with E-state index in [1.54, 1.807) is 6.07 Å². The molecule has 0 radical (unpaired) electrons. The molecule has 8 heteroatoms. The van der Waals surface area contributed by atoms with Crippen molar-refractivity contribution in [3.63, 3.8) is 0 Å². The number of aromatic nitrogens is 1. The van der Waals surface area contributed by atoms with Crippen molar-refractivity contribution < 1.29 is 23.1 Å². The van der Waals surface area contributed by atoms with Gasteiger partial charge in [0.2, 0.25) is 10.0 Å².